The van der Waals surface area contributed by atoms with Crippen LogP contribution in [0.15, 0.2) is 22.7 Å². The highest BCUT2D eigenvalue weighted by atomic mass is 79.9. The van der Waals surface area contributed by atoms with Gasteiger partial charge >= 0.3 is 0 Å². The van der Waals surface area contributed by atoms with E-state index in [1.54, 1.807) is 12.1 Å². The number of hydrogen-bond acceptors (Lipinski definition) is 3. The summed E-state index contributed by atoms with van der Waals surface area (Å²) in [6.07, 6.45) is 0.666. The summed E-state index contributed by atoms with van der Waals surface area (Å²) >= 11 is 3.16. The summed E-state index contributed by atoms with van der Waals surface area (Å²) in [6.45, 7) is 2.55. The minimum atomic E-state index is -0.284. The predicted molar refractivity (Wildman–Crippen MR) is 70.2 cm³/mol. The van der Waals surface area contributed by atoms with Crippen LogP contribution in [0.5, 0.6) is 0 Å². The maximum absolute atomic E-state index is 13.1. The number of halogens is 2. The van der Waals surface area contributed by atoms with E-state index in [0.717, 1.165) is 5.56 Å². The molecule has 0 spiro atoms. The van der Waals surface area contributed by atoms with E-state index in [1.807, 2.05) is 6.92 Å². The molecule has 0 aromatic heterocycles. The van der Waals surface area contributed by atoms with Gasteiger partial charge in [-0.25, -0.2) is 4.39 Å². The number of aliphatic hydroxyl groups excluding tert-OH is 1. The van der Waals surface area contributed by atoms with Crippen LogP contribution in [0.3, 0.4) is 0 Å². The second kappa shape index (κ2) is 7.06. The van der Waals surface area contributed by atoms with Crippen molar-refractivity contribution >= 4 is 15.9 Å². The van der Waals surface area contributed by atoms with Crippen molar-refractivity contribution in [3.8, 4) is 0 Å². The molecule has 0 fully saturated rings. The zero-order chi connectivity index (χ0) is 12.8. The molecule has 2 atom stereocenters. The van der Waals surface area contributed by atoms with Gasteiger partial charge in [-0.05, 0) is 47.0 Å². The fourth-order valence-electron chi connectivity index (χ4n) is 1.65. The monoisotopic (exact) mass is 304 g/mol. The van der Waals surface area contributed by atoms with E-state index in [-0.39, 0.29) is 24.5 Å². The molecule has 1 aromatic rings. The molecule has 17 heavy (non-hydrogen) atoms. The van der Waals surface area contributed by atoms with Gasteiger partial charge in [0.15, 0.2) is 0 Å². The quantitative estimate of drug-likeness (QED) is 0.753. The van der Waals surface area contributed by atoms with Crippen LogP contribution in [0.4, 0.5) is 4.39 Å². The molecule has 0 heterocycles. The lowest BCUT2D eigenvalue weighted by atomic mass is 10.1. The average molecular weight is 305 g/mol. The highest BCUT2D eigenvalue weighted by Gasteiger charge is 2.13. The van der Waals surface area contributed by atoms with E-state index in [9.17, 15) is 4.39 Å². The van der Waals surface area contributed by atoms with Crippen LogP contribution >= 0.6 is 15.9 Å². The van der Waals surface area contributed by atoms with Crippen LogP contribution in [0.2, 0.25) is 0 Å². The predicted octanol–water partition coefficient (Wildman–Crippen LogP) is 1.95. The van der Waals surface area contributed by atoms with Crippen molar-refractivity contribution in [3.05, 3.63) is 34.1 Å². The summed E-state index contributed by atoms with van der Waals surface area (Å²) in [4.78, 5) is 0. The van der Waals surface area contributed by atoms with E-state index in [0.29, 0.717) is 17.4 Å². The van der Waals surface area contributed by atoms with Crippen LogP contribution in [-0.2, 0) is 0 Å². The molecule has 1 rings (SSSR count). The highest BCUT2D eigenvalue weighted by Crippen LogP contribution is 2.21. The summed E-state index contributed by atoms with van der Waals surface area (Å²) in [7, 11) is 0. The van der Waals surface area contributed by atoms with E-state index in [1.165, 1.54) is 6.07 Å². The molecular weight excluding hydrogens is 287 g/mol. The molecule has 0 saturated heterocycles. The van der Waals surface area contributed by atoms with Gasteiger partial charge in [-0.15, -0.1) is 0 Å². The molecule has 1 aromatic carbocycles. The SMILES string of the molecule is CC(CCO)NC(CN)c1ccc(F)c(Br)c1. The molecule has 2 unspecified atom stereocenters. The Morgan fingerprint density at radius 3 is 2.76 bits per heavy atom. The number of benzene rings is 1. The second-order valence-corrected chi connectivity index (χ2v) is 4.90. The van der Waals surface area contributed by atoms with Gasteiger partial charge in [0.25, 0.3) is 0 Å². The molecular formula is C12H18BrFN2O. The standard InChI is InChI=1S/C12H18BrFN2O/c1-8(4-5-17)16-12(7-15)9-2-3-11(14)10(13)6-9/h2-3,6,8,12,16-17H,4-5,7,15H2,1H3. The third-order valence-corrected chi connectivity index (χ3v) is 3.24. The average Bonchev–Trinajstić information content (AvgIpc) is 2.30. The van der Waals surface area contributed by atoms with E-state index in [2.05, 4.69) is 21.2 Å². The molecule has 4 N–H and O–H groups in total. The molecule has 0 saturated carbocycles. The molecule has 0 aliphatic heterocycles. The van der Waals surface area contributed by atoms with Gasteiger partial charge < -0.3 is 16.2 Å². The van der Waals surface area contributed by atoms with Gasteiger partial charge in [0, 0.05) is 25.2 Å². The fourth-order valence-corrected chi connectivity index (χ4v) is 2.05. The second-order valence-electron chi connectivity index (χ2n) is 4.04. The Bertz CT molecular complexity index is 362. The lowest BCUT2D eigenvalue weighted by Gasteiger charge is -2.22. The number of aliphatic hydroxyl groups is 1. The van der Waals surface area contributed by atoms with Crippen LogP contribution < -0.4 is 11.1 Å². The largest absolute Gasteiger partial charge is 0.396 e. The van der Waals surface area contributed by atoms with Gasteiger partial charge in [-0.1, -0.05) is 6.07 Å². The van der Waals surface area contributed by atoms with Crippen LogP contribution in [0.25, 0.3) is 0 Å². The number of nitrogens with two attached hydrogens (primary N) is 1. The van der Waals surface area contributed by atoms with E-state index < -0.39 is 0 Å². The minimum Gasteiger partial charge on any atom is -0.396 e. The normalized spacial score (nSPS) is 14.6. The molecule has 0 bridgehead atoms. The third-order valence-electron chi connectivity index (χ3n) is 2.63. The molecule has 3 nitrogen and oxygen atoms in total. The summed E-state index contributed by atoms with van der Waals surface area (Å²) in [5.41, 5.74) is 6.64. The molecule has 0 aliphatic rings. The molecule has 0 amide bonds. The van der Waals surface area contributed by atoms with Crippen LogP contribution in [0, 0.1) is 5.82 Å². The van der Waals surface area contributed by atoms with Gasteiger partial charge in [0.2, 0.25) is 0 Å². The smallest absolute Gasteiger partial charge is 0.137 e. The van der Waals surface area contributed by atoms with Crippen molar-refractivity contribution in [1.82, 2.24) is 5.32 Å². The minimum absolute atomic E-state index is 0.0338. The topological polar surface area (TPSA) is 58.3 Å². The van der Waals surface area contributed by atoms with E-state index >= 15 is 0 Å². The van der Waals surface area contributed by atoms with Gasteiger partial charge in [0.05, 0.1) is 4.47 Å². The van der Waals surface area contributed by atoms with Crippen molar-refractivity contribution < 1.29 is 9.50 Å². The van der Waals surface area contributed by atoms with E-state index in [4.69, 9.17) is 10.8 Å². The first kappa shape index (κ1) is 14.6. The fraction of sp³-hybridized carbons (Fsp3) is 0.500. The van der Waals surface area contributed by atoms with Gasteiger partial charge in [-0.3, -0.25) is 0 Å². The van der Waals surface area contributed by atoms with Crippen LogP contribution in [0.1, 0.15) is 24.9 Å². The number of rotatable bonds is 6. The lowest BCUT2D eigenvalue weighted by Crippen LogP contribution is -2.35. The molecule has 0 aliphatic carbocycles. The summed E-state index contributed by atoms with van der Waals surface area (Å²) in [5, 5.41) is 12.1. The van der Waals surface area contributed by atoms with Crippen molar-refractivity contribution in [2.45, 2.75) is 25.4 Å². The summed E-state index contributed by atoms with van der Waals surface area (Å²) in [5.74, 6) is -0.284. The Morgan fingerprint density at radius 2 is 2.24 bits per heavy atom. The zero-order valence-electron chi connectivity index (χ0n) is 9.79. The lowest BCUT2D eigenvalue weighted by molar-refractivity contribution is 0.263. The van der Waals surface area contributed by atoms with Crippen molar-refractivity contribution in [2.75, 3.05) is 13.2 Å². The highest BCUT2D eigenvalue weighted by molar-refractivity contribution is 9.10. The maximum atomic E-state index is 13.1. The number of nitrogens with one attached hydrogen (secondary N) is 1. The summed E-state index contributed by atoms with van der Waals surface area (Å²) in [6, 6.07) is 4.99. The first-order valence-corrected chi connectivity index (χ1v) is 6.39. The van der Waals surface area contributed by atoms with Crippen molar-refractivity contribution in [1.29, 1.82) is 0 Å². The first-order chi connectivity index (χ1) is 8.08. The summed E-state index contributed by atoms with van der Waals surface area (Å²) < 4.78 is 13.6. The number of hydrogen-bond donors (Lipinski definition) is 3. The van der Waals surface area contributed by atoms with Gasteiger partial charge in [-0.2, -0.15) is 0 Å². The Kier molecular flexibility index (Phi) is 6.05. The van der Waals surface area contributed by atoms with Crippen molar-refractivity contribution in [2.24, 2.45) is 5.73 Å². The molecule has 0 radical (unpaired) electrons. The third kappa shape index (κ3) is 4.35. The Hall–Kier alpha value is -0.490. The van der Waals surface area contributed by atoms with Crippen LogP contribution in [-0.4, -0.2) is 24.3 Å². The first-order valence-electron chi connectivity index (χ1n) is 5.60. The van der Waals surface area contributed by atoms with Crippen molar-refractivity contribution in [3.63, 3.8) is 0 Å². The Balaban J connectivity index is 2.75. The Labute approximate surface area is 109 Å². The molecule has 96 valence electrons. The zero-order valence-corrected chi connectivity index (χ0v) is 11.4. The maximum Gasteiger partial charge on any atom is 0.137 e. The molecule has 5 heteroatoms. The Morgan fingerprint density at radius 1 is 1.53 bits per heavy atom. The van der Waals surface area contributed by atoms with Gasteiger partial charge in [0.1, 0.15) is 5.82 Å².